The highest BCUT2D eigenvalue weighted by atomic mass is 14.6. The van der Waals surface area contributed by atoms with Gasteiger partial charge in [0.15, 0.2) is 0 Å². The molecule has 0 saturated heterocycles. The highest BCUT2D eigenvalue weighted by Gasteiger charge is 2.60. The second-order valence-electron chi connectivity index (χ2n) is 5.27. The number of hydrogen-bond acceptors (Lipinski definition) is 0. The lowest BCUT2D eigenvalue weighted by Gasteiger charge is -2.42. The van der Waals surface area contributed by atoms with Crippen LogP contribution in [-0.2, 0) is 0 Å². The summed E-state index contributed by atoms with van der Waals surface area (Å²) in [5.74, 6) is 1.09. The summed E-state index contributed by atoms with van der Waals surface area (Å²) in [6.45, 7) is 7.28. The molecule has 0 nitrogen and oxygen atoms in total. The quantitative estimate of drug-likeness (QED) is 0.604. The smallest absolute Gasteiger partial charge is 0.0218 e. The van der Waals surface area contributed by atoms with E-state index in [-0.39, 0.29) is 0 Å². The highest BCUT2D eigenvalue weighted by Crippen LogP contribution is 2.70. The van der Waals surface area contributed by atoms with Crippen LogP contribution in [0, 0.1) is 16.7 Å². The van der Waals surface area contributed by atoms with Crippen molar-refractivity contribution in [1.29, 1.82) is 0 Å². The first-order chi connectivity index (χ1) is 6.24. The summed E-state index contributed by atoms with van der Waals surface area (Å²) in [7, 11) is 0. The molecule has 0 aromatic rings. The maximum Gasteiger partial charge on any atom is -0.0218 e. The first-order valence-electron chi connectivity index (χ1n) is 6.24. The van der Waals surface area contributed by atoms with E-state index in [1.165, 1.54) is 44.9 Å². The van der Waals surface area contributed by atoms with Gasteiger partial charge in [-0.25, -0.2) is 0 Å². The van der Waals surface area contributed by atoms with Gasteiger partial charge >= 0.3 is 0 Å². The van der Waals surface area contributed by atoms with Crippen molar-refractivity contribution in [2.45, 2.75) is 65.7 Å². The van der Waals surface area contributed by atoms with Crippen LogP contribution in [0.4, 0.5) is 0 Å². The topological polar surface area (TPSA) is 0 Å². The zero-order valence-corrected chi connectivity index (χ0v) is 9.53. The molecule has 0 N–H and O–H groups in total. The van der Waals surface area contributed by atoms with Crippen LogP contribution in [0.25, 0.3) is 0 Å². The average Bonchev–Trinajstić information content (AvgIpc) is 2.68. The Morgan fingerprint density at radius 3 is 1.77 bits per heavy atom. The van der Waals surface area contributed by atoms with Gasteiger partial charge in [0.1, 0.15) is 0 Å². The van der Waals surface area contributed by atoms with E-state index in [0.717, 1.165) is 16.7 Å². The van der Waals surface area contributed by atoms with Crippen molar-refractivity contribution in [2.24, 2.45) is 16.7 Å². The number of hydrogen-bond donors (Lipinski definition) is 0. The van der Waals surface area contributed by atoms with Gasteiger partial charge < -0.3 is 0 Å². The molecule has 2 fully saturated rings. The molecule has 2 bridgehead atoms. The summed E-state index contributed by atoms with van der Waals surface area (Å²) in [6.07, 6.45) is 10.5. The molecule has 0 radical (unpaired) electrons. The third-order valence-corrected chi connectivity index (χ3v) is 5.72. The van der Waals surface area contributed by atoms with Crippen LogP contribution in [0.1, 0.15) is 65.7 Å². The average molecular weight is 180 g/mol. The molecule has 2 rings (SSSR count). The molecule has 0 spiro atoms. The van der Waals surface area contributed by atoms with E-state index in [1.807, 2.05) is 0 Å². The number of fused-ring (bicyclic) bond motifs is 2. The predicted octanol–water partition coefficient (Wildman–Crippen LogP) is 4.39. The molecule has 2 saturated carbocycles. The van der Waals surface area contributed by atoms with Crippen LogP contribution in [0.2, 0.25) is 0 Å². The Morgan fingerprint density at radius 2 is 1.46 bits per heavy atom. The summed E-state index contributed by atoms with van der Waals surface area (Å²) >= 11 is 0. The first-order valence-corrected chi connectivity index (χ1v) is 6.24. The lowest BCUT2D eigenvalue weighted by atomic mass is 9.62. The standard InChI is InChI=1S/C13H24/c1-4-12-9-7-11(8-10-12)13(12,5-2)6-3/h11H,4-10H2,1-3H3. The Balaban J connectivity index is 2.35. The van der Waals surface area contributed by atoms with Crippen LogP contribution >= 0.6 is 0 Å². The minimum atomic E-state index is 0.752. The van der Waals surface area contributed by atoms with Gasteiger partial charge in [-0.05, 0) is 61.7 Å². The normalized spacial score (nSPS) is 41.3. The monoisotopic (exact) mass is 180 g/mol. The van der Waals surface area contributed by atoms with Gasteiger partial charge in [0.05, 0.1) is 0 Å². The molecular weight excluding hydrogens is 156 g/mol. The second kappa shape index (κ2) is 3.00. The fourth-order valence-corrected chi connectivity index (χ4v) is 4.94. The van der Waals surface area contributed by atoms with E-state index in [9.17, 15) is 0 Å². The van der Waals surface area contributed by atoms with Gasteiger partial charge in [-0.15, -0.1) is 0 Å². The Morgan fingerprint density at radius 1 is 0.923 bits per heavy atom. The third kappa shape index (κ3) is 0.926. The zero-order valence-electron chi connectivity index (χ0n) is 9.53. The molecular formula is C13H24. The fourth-order valence-electron chi connectivity index (χ4n) is 4.94. The van der Waals surface area contributed by atoms with Gasteiger partial charge in [0, 0.05) is 0 Å². The lowest BCUT2D eigenvalue weighted by Crippen LogP contribution is -2.34. The van der Waals surface area contributed by atoms with Crippen molar-refractivity contribution in [3.05, 3.63) is 0 Å². The molecule has 0 amide bonds. The van der Waals surface area contributed by atoms with Crippen molar-refractivity contribution in [3.63, 3.8) is 0 Å². The van der Waals surface area contributed by atoms with E-state index >= 15 is 0 Å². The maximum absolute atomic E-state index is 2.43. The molecule has 0 unspecified atom stereocenters. The van der Waals surface area contributed by atoms with E-state index in [1.54, 1.807) is 0 Å². The van der Waals surface area contributed by atoms with Crippen LogP contribution < -0.4 is 0 Å². The van der Waals surface area contributed by atoms with Crippen molar-refractivity contribution in [2.75, 3.05) is 0 Å². The van der Waals surface area contributed by atoms with Gasteiger partial charge in [0.25, 0.3) is 0 Å². The molecule has 2 aliphatic carbocycles. The first kappa shape index (κ1) is 9.55. The van der Waals surface area contributed by atoms with Crippen LogP contribution in [-0.4, -0.2) is 0 Å². The van der Waals surface area contributed by atoms with Crippen LogP contribution in [0.3, 0.4) is 0 Å². The van der Waals surface area contributed by atoms with Gasteiger partial charge in [-0.1, -0.05) is 20.8 Å². The summed E-state index contributed by atoms with van der Waals surface area (Å²) in [5.41, 5.74) is 1.52. The van der Waals surface area contributed by atoms with E-state index < -0.39 is 0 Å². The van der Waals surface area contributed by atoms with E-state index in [0.29, 0.717) is 0 Å². The Kier molecular flexibility index (Phi) is 2.20. The maximum atomic E-state index is 2.43. The predicted molar refractivity (Wildman–Crippen MR) is 57.7 cm³/mol. The molecule has 0 heteroatoms. The molecule has 0 aromatic heterocycles. The minimum Gasteiger partial charge on any atom is -0.0648 e. The fraction of sp³-hybridized carbons (Fsp3) is 1.00. The Labute approximate surface area is 83.1 Å². The van der Waals surface area contributed by atoms with Gasteiger partial charge in [0.2, 0.25) is 0 Å². The van der Waals surface area contributed by atoms with Crippen molar-refractivity contribution >= 4 is 0 Å². The second-order valence-corrected chi connectivity index (χ2v) is 5.27. The minimum absolute atomic E-state index is 0.752. The molecule has 0 atom stereocenters. The van der Waals surface area contributed by atoms with Crippen molar-refractivity contribution in [3.8, 4) is 0 Å². The Hall–Kier alpha value is 0. The highest BCUT2D eigenvalue weighted by molar-refractivity contribution is 5.10. The van der Waals surface area contributed by atoms with E-state index in [4.69, 9.17) is 0 Å². The molecule has 0 aliphatic heterocycles. The molecule has 0 heterocycles. The van der Waals surface area contributed by atoms with Crippen LogP contribution in [0.15, 0.2) is 0 Å². The molecule has 0 aromatic carbocycles. The summed E-state index contributed by atoms with van der Waals surface area (Å²) < 4.78 is 0. The van der Waals surface area contributed by atoms with Gasteiger partial charge in [-0.2, -0.15) is 0 Å². The van der Waals surface area contributed by atoms with Crippen molar-refractivity contribution < 1.29 is 0 Å². The third-order valence-electron chi connectivity index (χ3n) is 5.72. The Bertz CT molecular complexity index is 180. The SMILES string of the molecule is CCC12CCC(CC1)C2(CC)CC. The van der Waals surface area contributed by atoms with Crippen molar-refractivity contribution in [1.82, 2.24) is 0 Å². The number of rotatable bonds is 3. The summed E-state index contributed by atoms with van der Waals surface area (Å²) in [4.78, 5) is 0. The molecule has 76 valence electrons. The lowest BCUT2D eigenvalue weighted by molar-refractivity contribution is 0.0691. The van der Waals surface area contributed by atoms with Crippen LogP contribution in [0.5, 0.6) is 0 Å². The summed E-state index contributed by atoms with van der Waals surface area (Å²) in [5, 5.41) is 0. The zero-order chi connectivity index (χ0) is 9.53. The molecule has 2 aliphatic rings. The molecule has 13 heavy (non-hydrogen) atoms. The summed E-state index contributed by atoms with van der Waals surface area (Å²) in [6, 6.07) is 0. The van der Waals surface area contributed by atoms with Gasteiger partial charge in [-0.3, -0.25) is 0 Å². The largest absolute Gasteiger partial charge is 0.0648 e. The van der Waals surface area contributed by atoms with E-state index in [2.05, 4.69) is 20.8 Å².